The number of benzene rings is 2. The molecule has 3 rings (SSSR count). The lowest BCUT2D eigenvalue weighted by molar-refractivity contribution is -0.145. The Morgan fingerprint density at radius 2 is 1.97 bits per heavy atom. The van der Waals surface area contributed by atoms with Crippen LogP contribution < -0.4 is 20.1 Å². The van der Waals surface area contributed by atoms with Gasteiger partial charge in [0.1, 0.15) is 18.1 Å². The lowest BCUT2D eigenvalue weighted by atomic mass is 10.1. The number of imide groups is 1. The van der Waals surface area contributed by atoms with Crippen molar-refractivity contribution in [1.82, 2.24) is 10.2 Å². The lowest BCUT2D eigenvalue weighted by Gasteiger charge is -2.13. The molecule has 4 amide bonds. The molecule has 1 aliphatic heterocycles. The molecular weight excluding hydrogens is 576 g/mol. The molecule has 0 saturated carbocycles. The summed E-state index contributed by atoms with van der Waals surface area (Å²) in [5, 5.41) is 4.74. The summed E-state index contributed by atoms with van der Waals surface area (Å²) in [5.74, 6) is -2.02. The Morgan fingerprint density at radius 3 is 2.66 bits per heavy atom. The van der Waals surface area contributed by atoms with E-state index in [4.69, 9.17) is 14.2 Å². The maximum absolute atomic E-state index is 13.7. The molecule has 1 fully saturated rings. The van der Waals surface area contributed by atoms with Gasteiger partial charge in [-0.1, -0.05) is 12.1 Å². The number of para-hydroxylation sites is 1. The highest BCUT2D eigenvalue weighted by Crippen LogP contribution is 2.35. The number of nitrogens with one attached hydrogen (secondary N) is 2. The van der Waals surface area contributed by atoms with Crippen molar-refractivity contribution in [3.63, 3.8) is 0 Å². The van der Waals surface area contributed by atoms with Gasteiger partial charge in [0.25, 0.3) is 5.91 Å². The number of urea groups is 1. The maximum Gasteiger partial charge on any atom is 0.344 e. The van der Waals surface area contributed by atoms with Gasteiger partial charge in [0.2, 0.25) is 5.91 Å². The maximum atomic E-state index is 13.7. The molecule has 1 saturated heterocycles. The van der Waals surface area contributed by atoms with E-state index < -0.39 is 36.2 Å². The van der Waals surface area contributed by atoms with Gasteiger partial charge in [-0.3, -0.25) is 9.59 Å². The summed E-state index contributed by atoms with van der Waals surface area (Å²) >= 11 is 1.98. The van der Waals surface area contributed by atoms with Gasteiger partial charge in [-0.15, -0.1) is 0 Å². The van der Waals surface area contributed by atoms with Crippen LogP contribution in [0.15, 0.2) is 42.1 Å². The van der Waals surface area contributed by atoms with Gasteiger partial charge in [0, 0.05) is 0 Å². The first kappa shape index (κ1) is 25.9. The summed E-state index contributed by atoms with van der Waals surface area (Å²) < 4.78 is 30.0. The molecule has 0 bridgehead atoms. The summed E-state index contributed by atoms with van der Waals surface area (Å²) in [6.07, 6.45) is 1.41. The topological polar surface area (TPSA) is 123 Å². The van der Waals surface area contributed by atoms with Crippen LogP contribution in [-0.4, -0.2) is 55.6 Å². The minimum absolute atomic E-state index is 0.0627. The quantitative estimate of drug-likeness (QED) is 0.197. The van der Waals surface area contributed by atoms with Crippen LogP contribution in [0.5, 0.6) is 11.5 Å². The van der Waals surface area contributed by atoms with E-state index in [9.17, 15) is 23.6 Å². The number of anilines is 1. The second-order valence-corrected chi connectivity index (χ2v) is 8.20. The van der Waals surface area contributed by atoms with Crippen LogP contribution in [0.25, 0.3) is 6.08 Å². The molecule has 0 unspecified atom stereocenters. The zero-order valence-corrected chi connectivity index (χ0v) is 20.9. The van der Waals surface area contributed by atoms with Crippen molar-refractivity contribution >= 4 is 58.2 Å². The number of rotatable bonds is 9. The van der Waals surface area contributed by atoms with Crippen LogP contribution in [0.2, 0.25) is 0 Å². The van der Waals surface area contributed by atoms with E-state index in [-0.39, 0.29) is 24.6 Å². The third-order valence-corrected chi connectivity index (χ3v) is 5.42. The van der Waals surface area contributed by atoms with E-state index in [1.165, 1.54) is 37.5 Å². The Balaban J connectivity index is 1.73. The minimum atomic E-state index is -0.791. The van der Waals surface area contributed by atoms with Crippen molar-refractivity contribution in [2.45, 2.75) is 6.92 Å². The van der Waals surface area contributed by atoms with Gasteiger partial charge >= 0.3 is 12.0 Å². The van der Waals surface area contributed by atoms with Crippen LogP contribution in [-0.2, 0) is 19.1 Å². The average molecular weight is 597 g/mol. The number of hydrogen-bond donors (Lipinski definition) is 2. The highest BCUT2D eigenvalue weighted by Gasteiger charge is 2.35. The molecular formula is C23H21FIN3O7. The van der Waals surface area contributed by atoms with Gasteiger partial charge in [-0.2, -0.15) is 0 Å². The largest absolute Gasteiger partial charge is 0.493 e. The zero-order chi connectivity index (χ0) is 25.5. The van der Waals surface area contributed by atoms with Crippen LogP contribution in [0, 0.1) is 9.39 Å². The summed E-state index contributed by atoms with van der Waals surface area (Å²) in [4.78, 5) is 49.6. The summed E-state index contributed by atoms with van der Waals surface area (Å²) in [6, 6.07) is 7.96. The van der Waals surface area contributed by atoms with Crippen LogP contribution in [0.3, 0.4) is 0 Å². The second-order valence-electron chi connectivity index (χ2n) is 7.04. The third-order valence-electron chi connectivity index (χ3n) is 4.61. The minimum Gasteiger partial charge on any atom is -0.493 e. The number of hydrogen-bond acceptors (Lipinski definition) is 7. The Labute approximate surface area is 213 Å². The predicted molar refractivity (Wildman–Crippen MR) is 131 cm³/mol. The van der Waals surface area contributed by atoms with Crippen LogP contribution >= 0.6 is 22.6 Å². The number of esters is 1. The third kappa shape index (κ3) is 6.47. The van der Waals surface area contributed by atoms with E-state index in [0.29, 0.717) is 25.5 Å². The lowest BCUT2D eigenvalue weighted by Crippen LogP contribution is -2.38. The molecule has 0 aliphatic carbocycles. The van der Waals surface area contributed by atoms with Crippen LogP contribution in [0.4, 0.5) is 14.9 Å². The molecule has 184 valence electrons. The molecule has 0 radical (unpaired) electrons. The normalized spacial score (nSPS) is 14.1. The van der Waals surface area contributed by atoms with Crippen LogP contribution in [0.1, 0.15) is 12.5 Å². The number of carbonyl (C=O) groups is 4. The van der Waals surface area contributed by atoms with Crippen molar-refractivity contribution in [1.29, 1.82) is 0 Å². The first-order valence-electron chi connectivity index (χ1n) is 10.3. The number of amides is 4. The second kappa shape index (κ2) is 11.6. The number of ether oxygens (including phenoxy) is 3. The molecule has 0 aromatic heterocycles. The fourth-order valence-electron chi connectivity index (χ4n) is 3.07. The Morgan fingerprint density at radius 1 is 1.23 bits per heavy atom. The van der Waals surface area contributed by atoms with Gasteiger partial charge in [0.05, 0.1) is 23.0 Å². The van der Waals surface area contributed by atoms with Crippen molar-refractivity contribution in [3.8, 4) is 11.5 Å². The summed E-state index contributed by atoms with van der Waals surface area (Å²) in [6.45, 7) is 1.01. The van der Waals surface area contributed by atoms with Crippen molar-refractivity contribution in [2.75, 3.05) is 32.2 Å². The molecule has 12 heteroatoms. The highest BCUT2D eigenvalue weighted by atomic mass is 127. The smallest absolute Gasteiger partial charge is 0.344 e. The number of carbonyl (C=O) groups excluding carboxylic acids is 4. The van der Waals surface area contributed by atoms with Crippen molar-refractivity contribution in [2.24, 2.45) is 0 Å². The van der Waals surface area contributed by atoms with E-state index in [2.05, 4.69) is 10.6 Å². The molecule has 10 nitrogen and oxygen atoms in total. The fourth-order valence-corrected chi connectivity index (χ4v) is 3.86. The van der Waals surface area contributed by atoms with Crippen molar-refractivity contribution < 1.29 is 37.8 Å². The Bertz CT molecular complexity index is 1200. The molecule has 1 aliphatic rings. The number of methoxy groups -OCH3 is 1. The van der Waals surface area contributed by atoms with E-state index in [1.807, 2.05) is 22.6 Å². The van der Waals surface area contributed by atoms with E-state index in [0.717, 1.165) is 0 Å². The molecule has 35 heavy (non-hydrogen) atoms. The fraction of sp³-hybridized carbons (Fsp3) is 0.217. The predicted octanol–water partition coefficient (Wildman–Crippen LogP) is 2.91. The zero-order valence-electron chi connectivity index (χ0n) is 18.7. The Kier molecular flexibility index (Phi) is 8.63. The number of halogens is 2. The molecule has 0 spiro atoms. The Hall–Kier alpha value is -3.68. The average Bonchev–Trinajstić information content (AvgIpc) is 3.07. The first-order valence-corrected chi connectivity index (χ1v) is 11.4. The van der Waals surface area contributed by atoms with E-state index in [1.54, 1.807) is 19.1 Å². The molecule has 1 heterocycles. The molecule has 0 atom stereocenters. The summed E-state index contributed by atoms with van der Waals surface area (Å²) in [5.41, 5.74) is 0.370. The van der Waals surface area contributed by atoms with E-state index >= 15 is 0 Å². The van der Waals surface area contributed by atoms with Gasteiger partial charge in [-0.25, -0.2) is 18.9 Å². The molecule has 2 aromatic carbocycles. The SMILES string of the molecule is CCOC(=O)COc1c(I)cc(/C=C2/NC(=O)N(CC(=O)Nc3ccccc3F)C2=O)cc1OC. The number of nitrogens with zero attached hydrogens (tertiary/aromatic N) is 1. The van der Waals surface area contributed by atoms with Gasteiger partial charge in [0.15, 0.2) is 18.1 Å². The summed E-state index contributed by atoms with van der Waals surface area (Å²) in [7, 11) is 1.41. The highest BCUT2D eigenvalue weighted by molar-refractivity contribution is 14.1. The first-order chi connectivity index (χ1) is 16.7. The molecule has 2 N–H and O–H groups in total. The monoisotopic (exact) mass is 597 g/mol. The molecule has 2 aromatic rings. The standard InChI is InChI=1S/C23H21FIN3O7/c1-3-34-20(30)12-35-21-15(25)8-13(10-18(21)33-2)9-17-22(31)28(23(32)27-17)11-19(29)26-16-7-5-4-6-14(16)24/h4-10H,3,11-12H2,1-2H3,(H,26,29)(H,27,32)/b17-9+. The van der Waals surface area contributed by atoms with Gasteiger partial charge in [-0.05, 0) is 65.4 Å². The van der Waals surface area contributed by atoms with Crippen molar-refractivity contribution in [3.05, 3.63) is 57.0 Å². The van der Waals surface area contributed by atoms with Gasteiger partial charge < -0.3 is 24.8 Å².